The number of nitrogens with one attached hydrogen (secondary N) is 2. The monoisotopic (exact) mass is 328 g/mol. The van der Waals surface area contributed by atoms with Crippen LogP contribution in [0.1, 0.15) is 45.0 Å². The van der Waals surface area contributed by atoms with Crippen LogP contribution in [-0.2, 0) is 4.79 Å². The Morgan fingerprint density at radius 3 is 2.86 bits per heavy atom. The van der Waals surface area contributed by atoms with E-state index in [2.05, 4.69) is 37.5 Å². The molecule has 0 radical (unpaired) electrons. The molecule has 0 aromatic carbocycles. The summed E-state index contributed by atoms with van der Waals surface area (Å²) in [6.45, 7) is 9.14. The van der Waals surface area contributed by atoms with Gasteiger partial charge in [-0.25, -0.2) is 0 Å². The smallest absolute Gasteiger partial charge is 0.234 e. The lowest BCUT2D eigenvalue weighted by atomic mass is 9.87. The fourth-order valence-corrected chi connectivity index (χ4v) is 4.69. The molecule has 3 N–H and O–H groups in total. The molecule has 2 atom stereocenters. The fraction of sp³-hybridized carbons (Fsp3) is 0.667. The normalized spacial score (nSPS) is 18.0. The number of hydrogen-bond donors (Lipinski definition) is 3. The van der Waals surface area contributed by atoms with Gasteiger partial charge in [-0.2, -0.15) is 0 Å². The lowest BCUT2D eigenvalue weighted by Crippen LogP contribution is -2.33. The van der Waals surface area contributed by atoms with Gasteiger partial charge in [0, 0.05) is 17.5 Å². The average Bonchev–Trinajstić information content (AvgIpc) is 2.77. The molecular weight excluding hydrogens is 304 g/mol. The van der Waals surface area contributed by atoms with E-state index >= 15 is 0 Å². The molecule has 0 spiro atoms. The summed E-state index contributed by atoms with van der Waals surface area (Å²) in [5, 5.41) is 16.0. The van der Waals surface area contributed by atoms with Crippen LogP contribution in [-0.4, -0.2) is 29.4 Å². The van der Waals surface area contributed by atoms with Gasteiger partial charge < -0.3 is 15.7 Å². The number of thiophene rings is 1. The van der Waals surface area contributed by atoms with E-state index < -0.39 is 0 Å². The molecule has 2 heterocycles. The van der Waals surface area contributed by atoms with Crippen LogP contribution in [0.4, 0.5) is 5.69 Å². The van der Waals surface area contributed by atoms with Gasteiger partial charge in [-0.3, -0.25) is 4.79 Å². The Kier molecular flexibility index (Phi) is 5.35. The summed E-state index contributed by atoms with van der Waals surface area (Å²) in [6.07, 6.45) is 0.498. The zero-order valence-corrected chi connectivity index (χ0v) is 14.7. The molecule has 1 amide bonds. The zero-order valence-electron chi connectivity index (χ0n) is 13.0. The van der Waals surface area contributed by atoms with Crippen molar-refractivity contribution in [3.8, 4) is 0 Å². The van der Waals surface area contributed by atoms with Gasteiger partial charge in [0.05, 0.1) is 21.8 Å². The van der Waals surface area contributed by atoms with E-state index in [0.717, 1.165) is 18.7 Å². The molecular formula is C15H24N2O2S2. The maximum Gasteiger partial charge on any atom is 0.234 e. The minimum atomic E-state index is -0.280. The second-order valence-corrected chi connectivity index (χ2v) is 8.83. The Bertz CT molecular complexity index is 512. The molecule has 6 heteroatoms. The summed E-state index contributed by atoms with van der Waals surface area (Å²) in [5.74, 6) is 0.589. The van der Waals surface area contributed by atoms with Crippen LogP contribution in [0.3, 0.4) is 0 Å². The highest BCUT2D eigenvalue weighted by Crippen LogP contribution is 2.41. The third-order valence-electron chi connectivity index (χ3n) is 3.49. The molecule has 0 bridgehead atoms. The first-order valence-corrected chi connectivity index (χ1v) is 9.05. The van der Waals surface area contributed by atoms with Gasteiger partial charge in [-0.1, -0.05) is 13.8 Å². The van der Waals surface area contributed by atoms with Gasteiger partial charge in [0.2, 0.25) is 5.91 Å². The Balaban J connectivity index is 1.95. The van der Waals surface area contributed by atoms with Gasteiger partial charge >= 0.3 is 0 Å². The molecule has 118 valence electrons. The summed E-state index contributed by atoms with van der Waals surface area (Å²) in [6, 6.07) is 2.31. The first kappa shape index (κ1) is 16.8. The standard InChI is InChI=1S/C15H24N2O2S2/c1-9(18)6-15(3,4)8-16-10(2)12-5-11-14(21-12)20-7-13(19)17-11/h5,9-10,16,18H,6-8H2,1-4H3,(H,17,19). The maximum atomic E-state index is 11.4. The summed E-state index contributed by atoms with van der Waals surface area (Å²) in [4.78, 5) is 12.6. The second-order valence-electron chi connectivity index (χ2n) is 6.51. The lowest BCUT2D eigenvalue weighted by molar-refractivity contribution is -0.113. The molecule has 0 saturated carbocycles. The van der Waals surface area contributed by atoms with Crippen LogP contribution in [0, 0.1) is 5.41 Å². The highest BCUT2D eigenvalue weighted by atomic mass is 32.2. The van der Waals surface area contributed by atoms with Crippen molar-refractivity contribution in [2.45, 2.75) is 50.5 Å². The van der Waals surface area contributed by atoms with Crippen LogP contribution in [0.5, 0.6) is 0 Å². The van der Waals surface area contributed by atoms with E-state index in [1.807, 2.05) is 6.92 Å². The average molecular weight is 329 g/mol. The number of thioether (sulfide) groups is 1. The van der Waals surface area contributed by atoms with Crippen LogP contribution in [0.15, 0.2) is 10.3 Å². The van der Waals surface area contributed by atoms with Gasteiger partial charge in [-0.15, -0.1) is 23.1 Å². The quantitative estimate of drug-likeness (QED) is 0.750. The Morgan fingerprint density at radius 2 is 2.19 bits per heavy atom. The predicted octanol–water partition coefficient (Wildman–Crippen LogP) is 3.24. The summed E-state index contributed by atoms with van der Waals surface area (Å²) >= 11 is 3.36. The molecule has 21 heavy (non-hydrogen) atoms. The molecule has 2 rings (SSSR count). The third kappa shape index (κ3) is 4.71. The van der Waals surface area contributed by atoms with E-state index in [1.54, 1.807) is 23.1 Å². The molecule has 0 saturated heterocycles. The number of aliphatic hydroxyl groups excluding tert-OH is 1. The van der Waals surface area contributed by atoms with Crippen molar-refractivity contribution in [3.63, 3.8) is 0 Å². The number of rotatable bonds is 6. The topological polar surface area (TPSA) is 61.4 Å². The summed E-state index contributed by atoms with van der Waals surface area (Å²) < 4.78 is 1.20. The molecule has 0 fully saturated rings. The second kappa shape index (κ2) is 6.69. The number of hydrogen-bond acceptors (Lipinski definition) is 5. The first-order chi connectivity index (χ1) is 9.77. The van der Waals surface area contributed by atoms with Crippen molar-refractivity contribution < 1.29 is 9.90 Å². The SMILES string of the molecule is CC(O)CC(C)(C)CNC(C)c1cc2c(s1)SCC(=O)N2. The van der Waals surface area contributed by atoms with Crippen molar-refractivity contribution in [2.24, 2.45) is 5.41 Å². The molecule has 0 aliphatic carbocycles. The van der Waals surface area contributed by atoms with E-state index in [4.69, 9.17) is 0 Å². The Labute approximate surface area is 134 Å². The van der Waals surface area contributed by atoms with E-state index in [9.17, 15) is 9.90 Å². The molecule has 1 aliphatic heterocycles. The van der Waals surface area contributed by atoms with Gasteiger partial charge in [0.1, 0.15) is 0 Å². The molecule has 2 unspecified atom stereocenters. The van der Waals surface area contributed by atoms with E-state index in [1.165, 1.54) is 9.09 Å². The van der Waals surface area contributed by atoms with Crippen LogP contribution < -0.4 is 10.6 Å². The van der Waals surface area contributed by atoms with E-state index in [0.29, 0.717) is 5.75 Å². The van der Waals surface area contributed by atoms with Crippen molar-refractivity contribution in [3.05, 3.63) is 10.9 Å². The maximum absolute atomic E-state index is 11.4. The van der Waals surface area contributed by atoms with Crippen LogP contribution in [0.25, 0.3) is 0 Å². The minimum absolute atomic E-state index is 0.0578. The predicted molar refractivity (Wildman–Crippen MR) is 90.2 cm³/mol. The highest BCUT2D eigenvalue weighted by Gasteiger charge is 2.23. The Hall–Kier alpha value is -0.560. The van der Waals surface area contributed by atoms with Gasteiger partial charge in [0.25, 0.3) is 0 Å². The molecule has 1 aromatic rings. The van der Waals surface area contributed by atoms with Gasteiger partial charge in [0.15, 0.2) is 0 Å². The Morgan fingerprint density at radius 1 is 1.48 bits per heavy atom. The van der Waals surface area contributed by atoms with Crippen LogP contribution >= 0.6 is 23.1 Å². The largest absolute Gasteiger partial charge is 0.393 e. The lowest BCUT2D eigenvalue weighted by Gasteiger charge is -2.28. The van der Waals surface area contributed by atoms with Crippen molar-refractivity contribution in [1.29, 1.82) is 0 Å². The van der Waals surface area contributed by atoms with E-state index in [-0.39, 0.29) is 23.5 Å². The fourth-order valence-electron chi connectivity index (χ4n) is 2.52. The zero-order chi connectivity index (χ0) is 15.6. The highest BCUT2D eigenvalue weighted by molar-refractivity contribution is 8.02. The van der Waals surface area contributed by atoms with Gasteiger partial charge in [-0.05, 0) is 31.7 Å². The van der Waals surface area contributed by atoms with Crippen LogP contribution in [0.2, 0.25) is 0 Å². The third-order valence-corrected chi connectivity index (χ3v) is 6.09. The number of carbonyl (C=O) groups is 1. The van der Waals surface area contributed by atoms with Crippen molar-refractivity contribution >= 4 is 34.7 Å². The number of carbonyl (C=O) groups excluding carboxylic acids is 1. The van der Waals surface area contributed by atoms with Crippen molar-refractivity contribution in [2.75, 3.05) is 17.6 Å². The number of anilines is 1. The number of fused-ring (bicyclic) bond motifs is 1. The van der Waals surface area contributed by atoms with Crippen molar-refractivity contribution in [1.82, 2.24) is 5.32 Å². The first-order valence-electron chi connectivity index (χ1n) is 7.25. The number of aliphatic hydroxyl groups is 1. The number of amides is 1. The molecule has 1 aliphatic rings. The summed E-state index contributed by atoms with van der Waals surface area (Å²) in [5.41, 5.74) is 1.01. The molecule has 1 aromatic heterocycles. The minimum Gasteiger partial charge on any atom is -0.393 e. The summed E-state index contributed by atoms with van der Waals surface area (Å²) in [7, 11) is 0. The molecule has 4 nitrogen and oxygen atoms in total.